The Morgan fingerprint density at radius 2 is 1.46 bits per heavy atom. The van der Waals surface area contributed by atoms with E-state index in [2.05, 4.69) is 0 Å². The summed E-state index contributed by atoms with van der Waals surface area (Å²) in [6.45, 7) is 2.03. The lowest BCUT2D eigenvalue weighted by atomic mass is 10.2. The van der Waals surface area contributed by atoms with E-state index in [9.17, 15) is 9.59 Å². The zero-order valence-corrected chi connectivity index (χ0v) is 15.6. The molecule has 1 amide bonds. The first-order valence-electron chi connectivity index (χ1n) is 9.03. The Bertz CT molecular complexity index is 926. The van der Waals surface area contributed by atoms with Gasteiger partial charge in [-0.2, -0.15) is 0 Å². The van der Waals surface area contributed by atoms with Crippen molar-refractivity contribution < 1.29 is 19.1 Å². The summed E-state index contributed by atoms with van der Waals surface area (Å²) in [6, 6.07) is 25.2. The zero-order valence-electron chi connectivity index (χ0n) is 15.6. The fraction of sp³-hybridized carbons (Fsp3) is 0.130. The average Bonchev–Trinajstić information content (AvgIpc) is 2.74. The van der Waals surface area contributed by atoms with E-state index in [4.69, 9.17) is 9.47 Å². The van der Waals surface area contributed by atoms with Crippen LogP contribution >= 0.6 is 0 Å². The number of anilines is 1. The van der Waals surface area contributed by atoms with Crippen LogP contribution in [0.25, 0.3) is 0 Å². The molecule has 3 rings (SSSR count). The van der Waals surface area contributed by atoms with Gasteiger partial charge in [0.05, 0.1) is 5.56 Å². The quantitative estimate of drug-likeness (QED) is 0.562. The standard InChI is InChI=1S/C23H21NO4/c1-2-24(19-11-5-3-6-12-19)22(25)17-27-23(26)18-10-9-15-21(16-18)28-20-13-7-4-8-14-20/h3-16H,2,17H2,1H3. The van der Waals surface area contributed by atoms with Crippen LogP contribution in [0.1, 0.15) is 17.3 Å². The van der Waals surface area contributed by atoms with Crippen LogP contribution in [0.15, 0.2) is 84.9 Å². The fourth-order valence-corrected chi connectivity index (χ4v) is 2.71. The maximum absolute atomic E-state index is 12.4. The van der Waals surface area contributed by atoms with Crippen molar-refractivity contribution in [3.63, 3.8) is 0 Å². The highest BCUT2D eigenvalue weighted by atomic mass is 16.5. The molecule has 0 N–H and O–H groups in total. The predicted octanol–water partition coefficient (Wildman–Crippen LogP) is 4.69. The topological polar surface area (TPSA) is 55.8 Å². The maximum atomic E-state index is 12.4. The lowest BCUT2D eigenvalue weighted by molar-refractivity contribution is -0.121. The molecule has 5 heteroatoms. The molecular weight excluding hydrogens is 354 g/mol. The van der Waals surface area contributed by atoms with Crippen LogP contribution in [-0.2, 0) is 9.53 Å². The van der Waals surface area contributed by atoms with Crippen molar-refractivity contribution in [2.75, 3.05) is 18.1 Å². The number of benzene rings is 3. The molecule has 0 aromatic heterocycles. The van der Waals surface area contributed by atoms with Gasteiger partial charge in [-0.05, 0) is 49.4 Å². The molecule has 28 heavy (non-hydrogen) atoms. The highest BCUT2D eigenvalue weighted by molar-refractivity contribution is 5.97. The maximum Gasteiger partial charge on any atom is 0.338 e. The largest absolute Gasteiger partial charge is 0.457 e. The van der Waals surface area contributed by atoms with E-state index >= 15 is 0 Å². The molecule has 0 radical (unpaired) electrons. The van der Waals surface area contributed by atoms with Gasteiger partial charge in [-0.15, -0.1) is 0 Å². The SMILES string of the molecule is CCN(C(=O)COC(=O)c1cccc(Oc2ccccc2)c1)c1ccccc1. The molecule has 3 aromatic carbocycles. The van der Waals surface area contributed by atoms with E-state index < -0.39 is 5.97 Å². The summed E-state index contributed by atoms with van der Waals surface area (Å²) >= 11 is 0. The minimum Gasteiger partial charge on any atom is -0.457 e. The molecule has 0 heterocycles. The summed E-state index contributed by atoms with van der Waals surface area (Å²) in [6.07, 6.45) is 0. The van der Waals surface area contributed by atoms with Crippen molar-refractivity contribution in [1.29, 1.82) is 0 Å². The van der Waals surface area contributed by atoms with Gasteiger partial charge < -0.3 is 14.4 Å². The van der Waals surface area contributed by atoms with Crippen LogP contribution in [-0.4, -0.2) is 25.0 Å². The molecule has 0 fully saturated rings. The number of carbonyl (C=O) groups excluding carboxylic acids is 2. The average molecular weight is 375 g/mol. The number of para-hydroxylation sites is 2. The van der Waals surface area contributed by atoms with Crippen LogP contribution in [0.4, 0.5) is 5.69 Å². The van der Waals surface area contributed by atoms with Gasteiger partial charge in [0.25, 0.3) is 5.91 Å². The van der Waals surface area contributed by atoms with Crippen molar-refractivity contribution in [1.82, 2.24) is 0 Å². The van der Waals surface area contributed by atoms with E-state index in [0.717, 1.165) is 5.69 Å². The molecule has 0 saturated carbocycles. The smallest absolute Gasteiger partial charge is 0.338 e. The van der Waals surface area contributed by atoms with Gasteiger partial charge in [0.1, 0.15) is 11.5 Å². The Hall–Kier alpha value is -3.60. The third-order valence-electron chi connectivity index (χ3n) is 4.06. The van der Waals surface area contributed by atoms with Crippen LogP contribution < -0.4 is 9.64 Å². The van der Waals surface area contributed by atoms with Gasteiger partial charge >= 0.3 is 5.97 Å². The van der Waals surface area contributed by atoms with Crippen molar-refractivity contribution in [2.45, 2.75) is 6.92 Å². The third kappa shape index (κ3) is 4.98. The summed E-state index contributed by atoms with van der Waals surface area (Å²) < 4.78 is 10.9. The monoisotopic (exact) mass is 375 g/mol. The molecule has 0 bridgehead atoms. The van der Waals surface area contributed by atoms with E-state index in [0.29, 0.717) is 23.6 Å². The van der Waals surface area contributed by atoms with Gasteiger partial charge in [0, 0.05) is 12.2 Å². The molecular formula is C23H21NO4. The van der Waals surface area contributed by atoms with Gasteiger partial charge in [-0.3, -0.25) is 4.79 Å². The number of carbonyl (C=O) groups is 2. The summed E-state index contributed by atoms with van der Waals surface area (Å²) in [5.74, 6) is 0.339. The number of hydrogen-bond acceptors (Lipinski definition) is 4. The van der Waals surface area contributed by atoms with Gasteiger partial charge in [0.15, 0.2) is 6.61 Å². The van der Waals surface area contributed by atoms with Crippen molar-refractivity contribution in [3.8, 4) is 11.5 Å². The molecule has 0 saturated heterocycles. The molecule has 0 unspecified atom stereocenters. The number of amides is 1. The Morgan fingerprint density at radius 1 is 0.821 bits per heavy atom. The number of hydrogen-bond donors (Lipinski definition) is 0. The molecule has 0 aliphatic rings. The molecule has 5 nitrogen and oxygen atoms in total. The minimum absolute atomic E-state index is 0.279. The van der Waals surface area contributed by atoms with Crippen LogP contribution in [0.3, 0.4) is 0 Å². The Kier molecular flexibility index (Phi) is 6.41. The predicted molar refractivity (Wildman–Crippen MR) is 108 cm³/mol. The lowest BCUT2D eigenvalue weighted by Gasteiger charge is -2.20. The van der Waals surface area contributed by atoms with Crippen LogP contribution in [0.5, 0.6) is 11.5 Å². The number of likely N-dealkylation sites (N-methyl/N-ethyl adjacent to an activating group) is 1. The molecule has 0 aliphatic carbocycles. The second-order valence-electron chi connectivity index (χ2n) is 5.99. The van der Waals surface area contributed by atoms with Gasteiger partial charge in [-0.1, -0.05) is 42.5 Å². The summed E-state index contributed by atoms with van der Waals surface area (Å²) in [7, 11) is 0. The summed E-state index contributed by atoms with van der Waals surface area (Å²) in [5.41, 5.74) is 1.09. The molecule has 3 aromatic rings. The second-order valence-corrected chi connectivity index (χ2v) is 5.99. The normalized spacial score (nSPS) is 10.2. The van der Waals surface area contributed by atoms with E-state index in [-0.39, 0.29) is 12.5 Å². The number of esters is 1. The Labute approximate surface area is 164 Å². The van der Waals surface area contributed by atoms with E-state index in [1.54, 1.807) is 29.2 Å². The Morgan fingerprint density at radius 3 is 2.14 bits per heavy atom. The first-order chi connectivity index (χ1) is 13.7. The van der Waals surface area contributed by atoms with Crippen LogP contribution in [0.2, 0.25) is 0 Å². The van der Waals surface area contributed by atoms with Crippen molar-refractivity contribution in [3.05, 3.63) is 90.5 Å². The molecule has 0 spiro atoms. The Balaban J connectivity index is 1.61. The highest BCUT2D eigenvalue weighted by Crippen LogP contribution is 2.22. The third-order valence-corrected chi connectivity index (χ3v) is 4.06. The van der Waals surface area contributed by atoms with Crippen LogP contribution in [0, 0.1) is 0 Å². The number of ether oxygens (including phenoxy) is 2. The number of rotatable bonds is 7. The molecule has 142 valence electrons. The summed E-state index contributed by atoms with van der Waals surface area (Å²) in [5, 5.41) is 0. The first-order valence-corrected chi connectivity index (χ1v) is 9.03. The number of nitrogens with zero attached hydrogens (tertiary/aromatic N) is 1. The van der Waals surface area contributed by atoms with Gasteiger partial charge in [-0.25, -0.2) is 4.79 Å². The fourth-order valence-electron chi connectivity index (χ4n) is 2.71. The molecule has 0 aliphatic heterocycles. The highest BCUT2D eigenvalue weighted by Gasteiger charge is 2.17. The van der Waals surface area contributed by atoms with E-state index in [1.165, 1.54) is 0 Å². The first kappa shape index (κ1) is 19.2. The second kappa shape index (κ2) is 9.37. The lowest BCUT2D eigenvalue weighted by Crippen LogP contribution is -2.34. The molecule has 0 atom stereocenters. The minimum atomic E-state index is -0.573. The van der Waals surface area contributed by atoms with Gasteiger partial charge in [0.2, 0.25) is 0 Å². The van der Waals surface area contributed by atoms with Crippen molar-refractivity contribution in [2.24, 2.45) is 0 Å². The summed E-state index contributed by atoms with van der Waals surface area (Å²) in [4.78, 5) is 26.4. The van der Waals surface area contributed by atoms with E-state index in [1.807, 2.05) is 67.6 Å². The van der Waals surface area contributed by atoms with Crippen molar-refractivity contribution >= 4 is 17.6 Å². The zero-order chi connectivity index (χ0) is 19.8.